The first-order valence-electron chi connectivity index (χ1n) is 8.80. The monoisotopic (exact) mass is 376 g/mol. The number of hydrogen-bond acceptors (Lipinski definition) is 8. The van der Waals surface area contributed by atoms with E-state index in [-0.39, 0.29) is 6.54 Å². The Hall–Kier alpha value is -3.75. The normalized spacial score (nSPS) is 15.5. The van der Waals surface area contributed by atoms with Crippen molar-refractivity contribution in [3.05, 3.63) is 65.8 Å². The van der Waals surface area contributed by atoms with Crippen molar-refractivity contribution in [1.82, 2.24) is 30.3 Å². The standard InChI is InChI=1S/C19H16N6O3/c1-12-6-8-13(9-7-12)18-21-24-25(22-18)10-17-20-19(28-23-17)16-11-26-14-4-2-3-5-15(14)27-16/h2-9,16H,10-11H2,1H3/t16-/m1/s1. The first kappa shape index (κ1) is 16.4. The molecule has 0 spiro atoms. The van der Waals surface area contributed by atoms with Crippen molar-refractivity contribution in [2.45, 2.75) is 19.6 Å². The molecule has 0 bridgehead atoms. The number of hydrogen-bond donors (Lipinski definition) is 0. The first-order valence-corrected chi connectivity index (χ1v) is 8.80. The van der Waals surface area contributed by atoms with Gasteiger partial charge in [0.1, 0.15) is 13.2 Å². The second kappa shape index (κ2) is 6.76. The molecule has 0 saturated heterocycles. The van der Waals surface area contributed by atoms with Gasteiger partial charge in [-0.1, -0.05) is 47.1 Å². The van der Waals surface area contributed by atoms with Gasteiger partial charge >= 0.3 is 0 Å². The lowest BCUT2D eigenvalue weighted by atomic mass is 10.1. The first-order chi connectivity index (χ1) is 13.7. The van der Waals surface area contributed by atoms with Crippen LogP contribution in [-0.2, 0) is 6.54 Å². The molecule has 1 atom stereocenters. The van der Waals surface area contributed by atoms with E-state index in [1.807, 2.05) is 55.5 Å². The Morgan fingerprint density at radius 1 is 1.07 bits per heavy atom. The van der Waals surface area contributed by atoms with Crippen LogP contribution >= 0.6 is 0 Å². The maximum Gasteiger partial charge on any atom is 0.271 e. The molecular formula is C19H16N6O3. The fraction of sp³-hybridized carbons (Fsp3) is 0.211. The van der Waals surface area contributed by atoms with E-state index >= 15 is 0 Å². The summed E-state index contributed by atoms with van der Waals surface area (Å²) in [5.74, 6) is 2.69. The van der Waals surface area contributed by atoms with Crippen LogP contribution in [0, 0.1) is 6.92 Å². The Balaban J connectivity index is 1.29. The van der Waals surface area contributed by atoms with Crippen LogP contribution in [0.2, 0.25) is 0 Å². The predicted molar refractivity (Wildman–Crippen MR) is 96.7 cm³/mol. The van der Waals surface area contributed by atoms with Gasteiger partial charge in [-0.25, -0.2) is 0 Å². The molecule has 1 aliphatic heterocycles. The summed E-state index contributed by atoms with van der Waals surface area (Å²) in [5, 5.41) is 16.5. The Labute approximate surface area is 159 Å². The highest BCUT2D eigenvalue weighted by Crippen LogP contribution is 2.35. The average Bonchev–Trinajstić information content (AvgIpc) is 3.38. The highest BCUT2D eigenvalue weighted by molar-refractivity contribution is 5.54. The topological polar surface area (TPSA) is 101 Å². The maximum absolute atomic E-state index is 5.88. The average molecular weight is 376 g/mol. The van der Waals surface area contributed by atoms with Crippen molar-refractivity contribution < 1.29 is 14.0 Å². The number of para-hydroxylation sites is 2. The SMILES string of the molecule is Cc1ccc(-c2nnn(Cc3noc([C@H]4COc5ccccc5O4)n3)n2)cc1. The number of nitrogens with zero attached hydrogens (tertiary/aromatic N) is 6. The molecule has 9 heteroatoms. The van der Waals surface area contributed by atoms with Crippen molar-refractivity contribution in [2.75, 3.05) is 6.61 Å². The van der Waals surface area contributed by atoms with Gasteiger partial charge in [0.25, 0.3) is 5.89 Å². The number of rotatable bonds is 4. The van der Waals surface area contributed by atoms with Crippen LogP contribution in [0.3, 0.4) is 0 Å². The highest BCUT2D eigenvalue weighted by atomic mass is 16.6. The van der Waals surface area contributed by atoms with Crippen LogP contribution in [0.4, 0.5) is 0 Å². The van der Waals surface area contributed by atoms with E-state index in [2.05, 4.69) is 25.6 Å². The van der Waals surface area contributed by atoms with Crippen LogP contribution in [-0.4, -0.2) is 37.0 Å². The van der Waals surface area contributed by atoms with Crippen LogP contribution in [0.1, 0.15) is 23.4 Å². The molecule has 2 aromatic heterocycles. The zero-order valence-corrected chi connectivity index (χ0v) is 15.0. The number of aromatic nitrogens is 6. The molecule has 3 heterocycles. The molecule has 0 amide bonds. The lowest BCUT2D eigenvalue weighted by Crippen LogP contribution is -2.21. The summed E-state index contributed by atoms with van der Waals surface area (Å²) in [6.45, 7) is 2.58. The second-order valence-corrected chi connectivity index (χ2v) is 6.42. The number of aryl methyl sites for hydroxylation is 1. The quantitative estimate of drug-likeness (QED) is 0.536. The van der Waals surface area contributed by atoms with Gasteiger partial charge in [-0.2, -0.15) is 9.78 Å². The van der Waals surface area contributed by atoms with E-state index in [4.69, 9.17) is 14.0 Å². The number of benzene rings is 2. The molecule has 28 heavy (non-hydrogen) atoms. The smallest absolute Gasteiger partial charge is 0.271 e. The largest absolute Gasteiger partial charge is 0.485 e. The van der Waals surface area contributed by atoms with E-state index in [1.54, 1.807) is 0 Å². The second-order valence-electron chi connectivity index (χ2n) is 6.42. The molecule has 5 rings (SSSR count). The van der Waals surface area contributed by atoms with E-state index in [1.165, 1.54) is 10.4 Å². The molecule has 0 N–H and O–H groups in total. The minimum atomic E-state index is -0.456. The fourth-order valence-electron chi connectivity index (χ4n) is 2.86. The Kier molecular flexibility index (Phi) is 3.97. The molecule has 0 fully saturated rings. The third-order valence-electron chi connectivity index (χ3n) is 4.31. The lowest BCUT2D eigenvalue weighted by Gasteiger charge is -2.23. The summed E-state index contributed by atoms with van der Waals surface area (Å²) in [7, 11) is 0. The van der Waals surface area contributed by atoms with Crippen LogP contribution in [0.5, 0.6) is 11.5 Å². The van der Waals surface area contributed by atoms with E-state index < -0.39 is 6.10 Å². The molecule has 0 saturated carbocycles. The molecular weight excluding hydrogens is 360 g/mol. The number of ether oxygens (including phenoxy) is 2. The summed E-state index contributed by atoms with van der Waals surface area (Å²) in [6, 6.07) is 15.4. The van der Waals surface area contributed by atoms with Gasteiger partial charge in [0.15, 0.2) is 17.3 Å². The zero-order chi connectivity index (χ0) is 18.9. The Morgan fingerprint density at radius 3 is 2.75 bits per heavy atom. The summed E-state index contributed by atoms with van der Waals surface area (Å²) in [5.41, 5.74) is 2.07. The summed E-state index contributed by atoms with van der Waals surface area (Å²) in [6.07, 6.45) is -0.456. The van der Waals surface area contributed by atoms with Gasteiger partial charge in [-0.05, 0) is 24.3 Å². The van der Waals surface area contributed by atoms with Gasteiger partial charge in [0.2, 0.25) is 11.9 Å². The Bertz CT molecular complexity index is 1100. The van der Waals surface area contributed by atoms with Crippen LogP contribution in [0.15, 0.2) is 53.1 Å². The lowest BCUT2D eigenvalue weighted by molar-refractivity contribution is 0.0665. The van der Waals surface area contributed by atoms with Crippen molar-refractivity contribution in [3.63, 3.8) is 0 Å². The molecule has 0 unspecified atom stereocenters. The summed E-state index contributed by atoms with van der Waals surface area (Å²) < 4.78 is 16.9. The van der Waals surface area contributed by atoms with Crippen molar-refractivity contribution in [1.29, 1.82) is 0 Å². The maximum atomic E-state index is 5.88. The molecule has 2 aromatic carbocycles. The predicted octanol–water partition coefficient (Wildman–Crippen LogP) is 2.59. The molecule has 1 aliphatic rings. The third-order valence-corrected chi connectivity index (χ3v) is 4.31. The van der Waals surface area contributed by atoms with Crippen molar-refractivity contribution in [2.24, 2.45) is 0 Å². The van der Waals surface area contributed by atoms with Gasteiger partial charge in [0, 0.05) is 5.56 Å². The van der Waals surface area contributed by atoms with Crippen molar-refractivity contribution in [3.8, 4) is 22.9 Å². The fourth-order valence-corrected chi connectivity index (χ4v) is 2.86. The molecule has 0 radical (unpaired) electrons. The van der Waals surface area contributed by atoms with E-state index in [9.17, 15) is 0 Å². The molecule has 4 aromatic rings. The van der Waals surface area contributed by atoms with Crippen LogP contribution < -0.4 is 9.47 Å². The zero-order valence-electron chi connectivity index (χ0n) is 15.0. The summed E-state index contributed by atoms with van der Waals surface area (Å²) >= 11 is 0. The summed E-state index contributed by atoms with van der Waals surface area (Å²) in [4.78, 5) is 5.81. The van der Waals surface area contributed by atoms with Crippen LogP contribution in [0.25, 0.3) is 11.4 Å². The molecule has 0 aliphatic carbocycles. The molecule has 9 nitrogen and oxygen atoms in total. The highest BCUT2D eigenvalue weighted by Gasteiger charge is 2.27. The van der Waals surface area contributed by atoms with Gasteiger partial charge in [-0.3, -0.25) is 0 Å². The molecule has 140 valence electrons. The van der Waals surface area contributed by atoms with Crippen molar-refractivity contribution >= 4 is 0 Å². The number of fused-ring (bicyclic) bond motifs is 1. The Morgan fingerprint density at radius 2 is 1.89 bits per heavy atom. The van der Waals surface area contributed by atoms with E-state index in [0.717, 1.165) is 5.56 Å². The van der Waals surface area contributed by atoms with Gasteiger partial charge in [0.05, 0.1) is 0 Å². The third kappa shape index (κ3) is 3.18. The van der Waals surface area contributed by atoms with Gasteiger partial charge < -0.3 is 14.0 Å². The minimum Gasteiger partial charge on any atom is -0.485 e. The minimum absolute atomic E-state index is 0.243. The van der Waals surface area contributed by atoms with E-state index in [0.29, 0.717) is 35.6 Å². The van der Waals surface area contributed by atoms with Gasteiger partial charge in [-0.15, -0.1) is 10.2 Å². The number of tetrazole rings is 1.